The van der Waals surface area contributed by atoms with E-state index in [-0.39, 0.29) is 30.0 Å². The average molecular weight is 713 g/mol. The minimum absolute atomic E-state index is 0.109. The van der Waals surface area contributed by atoms with Gasteiger partial charge in [-0.1, -0.05) is 43.1 Å². The lowest BCUT2D eigenvalue weighted by Gasteiger charge is -2.43. The van der Waals surface area contributed by atoms with Gasteiger partial charge < -0.3 is 29.0 Å². The van der Waals surface area contributed by atoms with E-state index in [1.165, 1.54) is 5.56 Å². The summed E-state index contributed by atoms with van der Waals surface area (Å²) in [4.78, 5) is 30.0. The second-order valence-electron chi connectivity index (χ2n) is 13.8. The number of carbonyl (C=O) groups excluding carboxylic acids is 1. The monoisotopic (exact) mass is 711 g/mol. The van der Waals surface area contributed by atoms with E-state index in [2.05, 4.69) is 42.3 Å². The highest BCUT2D eigenvalue weighted by Gasteiger charge is 2.46. The first-order chi connectivity index (χ1) is 23.6. The summed E-state index contributed by atoms with van der Waals surface area (Å²) in [5.74, 6) is 0.696. The molecule has 1 aliphatic heterocycles. The van der Waals surface area contributed by atoms with Gasteiger partial charge in [0.05, 0.1) is 25.7 Å². The van der Waals surface area contributed by atoms with Gasteiger partial charge in [0.2, 0.25) is 5.91 Å². The normalized spacial score (nSPS) is 19.2. The summed E-state index contributed by atoms with van der Waals surface area (Å²) in [6.07, 6.45) is 7.35. The lowest BCUT2D eigenvalue weighted by Crippen LogP contribution is -2.54. The number of hydrogen-bond donors (Lipinski definition) is 1. The van der Waals surface area contributed by atoms with E-state index in [4.69, 9.17) is 37.4 Å². The van der Waals surface area contributed by atoms with Crippen LogP contribution in [0.5, 0.6) is 5.75 Å². The van der Waals surface area contributed by atoms with Crippen molar-refractivity contribution in [1.29, 1.82) is 0 Å². The largest absolute Gasteiger partial charge is 0.494 e. The zero-order valence-electron chi connectivity index (χ0n) is 29.4. The van der Waals surface area contributed by atoms with Gasteiger partial charge in [-0.05, 0) is 105 Å². The summed E-state index contributed by atoms with van der Waals surface area (Å²) in [5, 5.41) is 4.62. The molecule has 2 atom stereocenters. The number of ether oxygens (including phenoxy) is 3. The molecule has 0 radical (unpaired) electrons. The lowest BCUT2D eigenvalue weighted by atomic mass is 9.67. The van der Waals surface area contributed by atoms with Crippen molar-refractivity contribution in [2.24, 2.45) is 5.92 Å². The van der Waals surface area contributed by atoms with Crippen LogP contribution in [0.15, 0.2) is 53.5 Å². The van der Waals surface area contributed by atoms with Crippen molar-refractivity contribution in [1.82, 2.24) is 14.8 Å². The molecule has 49 heavy (non-hydrogen) atoms. The minimum Gasteiger partial charge on any atom is -0.494 e. The molecular formula is C39H51Cl2N3O5. The molecule has 2 heterocycles. The fraction of sp³-hybridized carbons (Fsp3) is 0.538. The molecule has 1 saturated carbocycles. The van der Waals surface area contributed by atoms with Crippen LogP contribution >= 0.6 is 23.2 Å². The lowest BCUT2D eigenvalue weighted by molar-refractivity contribution is -0.139. The number of aryl methyl sites for hydroxylation is 2. The summed E-state index contributed by atoms with van der Waals surface area (Å²) in [6.45, 7) is 10.4. The van der Waals surface area contributed by atoms with Crippen LogP contribution in [0.25, 0.3) is 0 Å². The fourth-order valence-corrected chi connectivity index (χ4v) is 7.52. The zero-order chi connectivity index (χ0) is 35.0. The number of rotatable bonds is 17. The average Bonchev–Trinajstić information content (AvgIpc) is 3.92. The van der Waals surface area contributed by atoms with E-state index in [0.29, 0.717) is 49.5 Å². The van der Waals surface area contributed by atoms with Crippen molar-refractivity contribution in [3.63, 3.8) is 0 Å². The third-order valence-electron chi connectivity index (χ3n) is 9.84. The smallest absolute Gasteiger partial charge is 0.250 e. The van der Waals surface area contributed by atoms with Crippen molar-refractivity contribution in [3.8, 4) is 5.75 Å². The van der Waals surface area contributed by atoms with Crippen LogP contribution in [-0.4, -0.2) is 61.4 Å². The number of piperidine rings is 1. The highest BCUT2D eigenvalue weighted by molar-refractivity contribution is 6.36. The summed E-state index contributed by atoms with van der Waals surface area (Å²) in [7, 11) is 1.72. The molecule has 10 heteroatoms. The van der Waals surface area contributed by atoms with E-state index in [0.717, 1.165) is 73.1 Å². The van der Waals surface area contributed by atoms with Crippen molar-refractivity contribution < 1.29 is 19.0 Å². The van der Waals surface area contributed by atoms with Gasteiger partial charge in [-0.15, -0.1) is 0 Å². The van der Waals surface area contributed by atoms with Gasteiger partial charge in [0.25, 0.3) is 5.56 Å². The predicted molar refractivity (Wildman–Crippen MR) is 196 cm³/mol. The summed E-state index contributed by atoms with van der Waals surface area (Å²) in [5.41, 5.74) is 4.32. The molecule has 0 spiro atoms. The Labute approximate surface area is 301 Å². The summed E-state index contributed by atoms with van der Waals surface area (Å²) in [6, 6.07) is 14.1. The number of aromatic nitrogens is 1. The van der Waals surface area contributed by atoms with E-state index >= 15 is 0 Å². The number of nitrogens with zero attached hydrogens (tertiary/aromatic N) is 2. The maximum atomic E-state index is 14.6. The number of pyridine rings is 1. The Bertz CT molecular complexity index is 1620. The van der Waals surface area contributed by atoms with E-state index in [9.17, 15) is 9.59 Å². The molecule has 2 aromatic carbocycles. The Kier molecular flexibility index (Phi) is 13.2. The highest BCUT2D eigenvalue weighted by atomic mass is 35.5. The molecule has 3 aromatic rings. The van der Waals surface area contributed by atoms with Crippen LogP contribution in [0.2, 0.25) is 10.0 Å². The van der Waals surface area contributed by atoms with Crippen LogP contribution in [0.3, 0.4) is 0 Å². The Hall–Kier alpha value is -2.88. The number of amides is 1. The minimum atomic E-state index is -0.486. The second-order valence-corrected chi connectivity index (χ2v) is 14.6. The van der Waals surface area contributed by atoms with E-state index < -0.39 is 5.41 Å². The first-order valence-electron chi connectivity index (χ1n) is 17.6. The molecule has 0 unspecified atom stereocenters. The molecule has 1 saturated heterocycles. The molecule has 1 aromatic heterocycles. The molecule has 2 fully saturated rings. The Morgan fingerprint density at radius 3 is 2.51 bits per heavy atom. The summed E-state index contributed by atoms with van der Waals surface area (Å²) < 4.78 is 18.8. The van der Waals surface area contributed by atoms with Gasteiger partial charge in [-0.25, -0.2) is 0 Å². The van der Waals surface area contributed by atoms with Gasteiger partial charge in [0.15, 0.2) is 0 Å². The molecular weight excluding hydrogens is 661 g/mol. The third-order valence-corrected chi connectivity index (χ3v) is 10.5. The molecule has 8 nitrogen and oxygen atoms in total. The topological polar surface area (TPSA) is 82.0 Å². The number of nitrogens with one attached hydrogen (secondary N) is 1. The molecule has 2 aliphatic rings. The van der Waals surface area contributed by atoms with Gasteiger partial charge in [-0.3, -0.25) is 9.59 Å². The van der Waals surface area contributed by atoms with Crippen molar-refractivity contribution >= 4 is 29.1 Å². The van der Waals surface area contributed by atoms with Crippen LogP contribution in [-0.2, 0) is 45.8 Å². The number of hydrogen-bond acceptors (Lipinski definition) is 6. The van der Waals surface area contributed by atoms with Crippen LogP contribution in [0.1, 0.15) is 73.8 Å². The molecule has 0 bridgehead atoms. The number of methoxy groups -OCH3 is 1. The predicted octanol–water partition coefficient (Wildman–Crippen LogP) is 7.11. The number of benzene rings is 2. The fourth-order valence-electron chi connectivity index (χ4n) is 6.81. The molecule has 266 valence electrons. The second kappa shape index (κ2) is 17.4. The van der Waals surface area contributed by atoms with Crippen LogP contribution in [0, 0.1) is 12.8 Å². The zero-order valence-corrected chi connectivity index (χ0v) is 30.9. The number of carbonyl (C=O) groups is 1. The first-order valence-corrected chi connectivity index (χ1v) is 18.4. The van der Waals surface area contributed by atoms with Crippen molar-refractivity contribution in [3.05, 3.63) is 96.9 Å². The Morgan fingerprint density at radius 2 is 1.82 bits per heavy atom. The maximum Gasteiger partial charge on any atom is 0.250 e. The van der Waals surface area contributed by atoms with Crippen LogP contribution in [0.4, 0.5) is 0 Å². The van der Waals surface area contributed by atoms with E-state index in [1.54, 1.807) is 17.7 Å². The molecule has 1 amide bonds. The Balaban J connectivity index is 1.29. The molecule has 5 rings (SSSR count). The maximum absolute atomic E-state index is 14.6. The van der Waals surface area contributed by atoms with Crippen molar-refractivity contribution in [2.75, 3.05) is 40.0 Å². The molecule has 1 aliphatic carbocycles. The Morgan fingerprint density at radius 1 is 1.06 bits per heavy atom. The SMILES string of the molecule is CCCOc1cc(CCCOC)cc(CN(C(=O)[C@H]2CNCC[C@]2(C)c2ccn(CCOCc3c(Cl)cc(C)cc3Cl)c(=O)c2)C2CC2)c1. The van der Waals surface area contributed by atoms with Crippen molar-refractivity contribution in [2.45, 2.75) is 90.4 Å². The van der Waals surface area contributed by atoms with Gasteiger partial charge in [0.1, 0.15) is 5.75 Å². The number of halogens is 2. The van der Waals surface area contributed by atoms with E-state index in [1.807, 2.05) is 31.3 Å². The van der Waals surface area contributed by atoms with Gasteiger partial charge in [-0.2, -0.15) is 0 Å². The summed E-state index contributed by atoms with van der Waals surface area (Å²) >= 11 is 12.7. The first kappa shape index (κ1) is 37.4. The van der Waals surface area contributed by atoms with Gasteiger partial charge >= 0.3 is 0 Å². The highest BCUT2D eigenvalue weighted by Crippen LogP contribution is 2.40. The van der Waals surface area contributed by atoms with Gasteiger partial charge in [0, 0.05) is 72.7 Å². The van der Waals surface area contributed by atoms with Crippen LogP contribution < -0.4 is 15.6 Å². The molecule has 1 N–H and O–H groups in total. The standard InChI is InChI=1S/C39H51Cl2N3O5/c1-5-15-49-32-21-28(7-6-16-47-4)20-29(22-32)25-44(31-8-9-31)38(46)34-24-42-12-11-39(34,3)30-10-13-43(37(45)23-30)14-17-48-26-33-35(40)18-27(2)19-36(33)41/h10,13,18-23,31,34,42H,5-9,11-12,14-17,24-26H2,1-4H3/t34-,39-/m1/s1. The quantitative estimate of drug-likeness (QED) is 0.150. The third kappa shape index (κ3) is 9.67.